The van der Waals surface area contributed by atoms with Crippen LogP contribution in [0.5, 0.6) is 0 Å². The van der Waals surface area contributed by atoms with E-state index in [0.717, 1.165) is 11.4 Å². The lowest BCUT2D eigenvalue weighted by Crippen LogP contribution is -2.15. The van der Waals surface area contributed by atoms with E-state index in [4.69, 9.17) is 12.2 Å². The number of halogens is 2. The van der Waals surface area contributed by atoms with E-state index in [9.17, 15) is 13.6 Å². The maximum Gasteiger partial charge on any atom is 0.237 e. The Bertz CT molecular complexity index is 1030. The number of hydrogen-bond donors (Lipinski definition) is 0. The van der Waals surface area contributed by atoms with Crippen molar-refractivity contribution in [3.8, 4) is 0 Å². The molecule has 134 valence electrons. The van der Waals surface area contributed by atoms with Crippen molar-refractivity contribution in [1.82, 2.24) is 18.7 Å². The summed E-state index contributed by atoms with van der Waals surface area (Å²) in [5.74, 6) is -1.57. The molecule has 0 saturated carbocycles. The van der Waals surface area contributed by atoms with E-state index in [0.29, 0.717) is 17.7 Å². The Morgan fingerprint density at radius 2 is 2.08 bits per heavy atom. The van der Waals surface area contributed by atoms with E-state index in [1.807, 2.05) is 11.6 Å². The second-order valence-electron chi connectivity index (χ2n) is 6.42. The van der Waals surface area contributed by atoms with Crippen LogP contribution in [0.15, 0.2) is 36.9 Å². The maximum atomic E-state index is 14.2. The fourth-order valence-corrected chi connectivity index (χ4v) is 3.95. The lowest BCUT2D eigenvalue weighted by Gasteiger charge is -2.13. The zero-order valence-electron chi connectivity index (χ0n) is 14.0. The van der Waals surface area contributed by atoms with Gasteiger partial charge >= 0.3 is 0 Å². The van der Waals surface area contributed by atoms with Crippen LogP contribution in [0.25, 0.3) is 0 Å². The highest BCUT2D eigenvalue weighted by molar-refractivity contribution is 7.71. The van der Waals surface area contributed by atoms with Crippen molar-refractivity contribution in [1.29, 1.82) is 0 Å². The van der Waals surface area contributed by atoms with Crippen LogP contribution in [-0.4, -0.2) is 24.6 Å². The molecule has 4 rings (SSSR count). The highest BCUT2D eigenvalue weighted by Gasteiger charge is 2.32. The minimum atomic E-state index is -0.549. The molecule has 1 aliphatic heterocycles. The van der Waals surface area contributed by atoms with Gasteiger partial charge in [-0.2, -0.15) is 0 Å². The molecule has 3 heterocycles. The van der Waals surface area contributed by atoms with Crippen LogP contribution >= 0.6 is 12.2 Å². The zero-order chi connectivity index (χ0) is 18.4. The largest absolute Gasteiger partial charge is 0.323 e. The molecule has 2 aromatic heterocycles. The molecule has 0 fully saturated rings. The van der Waals surface area contributed by atoms with Crippen LogP contribution in [0, 0.1) is 16.4 Å². The molecule has 1 aromatic carbocycles. The number of carbonyl (C=O) groups excluding carboxylic acids is 1. The molecule has 8 heteroatoms. The first-order valence-corrected chi connectivity index (χ1v) is 8.60. The van der Waals surface area contributed by atoms with Crippen molar-refractivity contribution >= 4 is 18.1 Å². The van der Waals surface area contributed by atoms with Crippen molar-refractivity contribution in [2.45, 2.75) is 25.3 Å². The van der Waals surface area contributed by atoms with Gasteiger partial charge in [-0.1, -0.05) is 6.07 Å². The average Bonchev–Trinajstić information content (AvgIpc) is 3.31. The van der Waals surface area contributed by atoms with Crippen LogP contribution in [0.4, 0.5) is 8.78 Å². The molecule has 0 amide bonds. The number of rotatable bonds is 3. The molecule has 0 aliphatic carbocycles. The minimum absolute atomic E-state index is 0.0835. The summed E-state index contributed by atoms with van der Waals surface area (Å²) in [6, 6.07) is 3.89. The minimum Gasteiger partial charge on any atom is -0.323 e. The number of benzene rings is 1. The Hall–Kier alpha value is -2.61. The van der Waals surface area contributed by atoms with Crippen molar-refractivity contribution < 1.29 is 13.6 Å². The van der Waals surface area contributed by atoms with E-state index in [2.05, 4.69) is 4.98 Å². The third kappa shape index (κ3) is 2.61. The fourth-order valence-electron chi connectivity index (χ4n) is 3.65. The van der Waals surface area contributed by atoms with Gasteiger partial charge in [0.15, 0.2) is 4.77 Å². The summed E-state index contributed by atoms with van der Waals surface area (Å²) in [6.07, 6.45) is 5.16. The number of nitrogens with zero attached hydrogens (tertiary/aromatic N) is 4. The first-order chi connectivity index (χ1) is 12.5. The lowest BCUT2D eigenvalue weighted by atomic mass is 9.95. The summed E-state index contributed by atoms with van der Waals surface area (Å²) < 4.78 is 34.0. The van der Waals surface area contributed by atoms with E-state index in [1.54, 1.807) is 10.8 Å². The third-order valence-electron chi connectivity index (χ3n) is 4.94. The Morgan fingerprint density at radius 3 is 2.73 bits per heavy atom. The van der Waals surface area contributed by atoms with Gasteiger partial charge in [0.05, 0.1) is 6.42 Å². The standard InChI is InChI=1S/C18H16F2N4OS/c1-22-14(8-16(25)23-6-5-21-10-23)15-7-11(9-24(15)18(22)26)17-12(19)3-2-4-13(17)20/h2-6,10-11H,7-9H2,1H3/t11-/m0/s1. The molecule has 0 unspecified atom stereocenters. The second kappa shape index (κ2) is 6.28. The van der Waals surface area contributed by atoms with Crippen molar-refractivity contribution in [2.75, 3.05) is 0 Å². The summed E-state index contributed by atoms with van der Waals surface area (Å²) in [7, 11) is 1.81. The van der Waals surface area contributed by atoms with Crippen molar-refractivity contribution in [2.24, 2.45) is 7.05 Å². The number of carbonyl (C=O) groups is 1. The molecule has 1 atom stereocenters. The van der Waals surface area contributed by atoms with Gasteiger partial charge in [0.1, 0.15) is 18.0 Å². The molecular formula is C18H16F2N4OS. The van der Waals surface area contributed by atoms with Gasteiger partial charge in [-0.15, -0.1) is 0 Å². The van der Waals surface area contributed by atoms with Gasteiger partial charge in [-0.3, -0.25) is 9.36 Å². The Morgan fingerprint density at radius 1 is 1.35 bits per heavy atom. The smallest absolute Gasteiger partial charge is 0.237 e. The molecule has 0 spiro atoms. The van der Waals surface area contributed by atoms with E-state index in [1.165, 1.54) is 35.3 Å². The number of fused-ring (bicyclic) bond motifs is 1. The molecule has 3 aromatic rings. The van der Waals surface area contributed by atoms with Crippen molar-refractivity contribution in [3.05, 3.63) is 70.3 Å². The van der Waals surface area contributed by atoms with Crippen LogP contribution in [0.2, 0.25) is 0 Å². The summed E-state index contributed by atoms with van der Waals surface area (Å²) in [4.78, 5) is 16.3. The first kappa shape index (κ1) is 16.8. The van der Waals surface area contributed by atoms with E-state index in [-0.39, 0.29) is 23.8 Å². The van der Waals surface area contributed by atoms with Crippen LogP contribution in [0.1, 0.15) is 27.7 Å². The highest BCUT2D eigenvalue weighted by atomic mass is 32.1. The Kier molecular flexibility index (Phi) is 4.07. The topological polar surface area (TPSA) is 44.8 Å². The SMILES string of the molecule is Cn1c(CC(=O)n2ccnc2)c2n(c1=S)C[C@@H](c1c(F)cccc1F)C2. The number of aromatic nitrogens is 4. The zero-order valence-corrected chi connectivity index (χ0v) is 14.8. The van der Waals surface area contributed by atoms with E-state index >= 15 is 0 Å². The maximum absolute atomic E-state index is 14.2. The van der Waals surface area contributed by atoms with Gasteiger partial charge in [-0.25, -0.2) is 13.8 Å². The molecule has 0 bridgehead atoms. The molecule has 0 saturated heterocycles. The third-order valence-corrected chi connectivity index (χ3v) is 5.44. The Balaban J connectivity index is 1.69. The fraction of sp³-hybridized carbons (Fsp3) is 0.278. The molecule has 1 aliphatic rings. The van der Waals surface area contributed by atoms with Gasteiger partial charge in [0, 0.05) is 48.9 Å². The average molecular weight is 374 g/mol. The number of hydrogen-bond acceptors (Lipinski definition) is 3. The summed E-state index contributed by atoms with van der Waals surface area (Å²) >= 11 is 5.47. The molecule has 5 nitrogen and oxygen atoms in total. The molecule has 0 radical (unpaired) electrons. The Labute approximate surface area is 153 Å². The van der Waals surface area contributed by atoms with E-state index < -0.39 is 11.6 Å². The van der Waals surface area contributed by atoms with Crippen LogP contribution < -0.4 is 0 Å². The van der Waals surface area contributed by atoms with Crippen molar-refractivity contribution in [3.63, 3.8) is 0 Å². The van der Waals surface area contributed by atoms with Crippen LogP contribution in [0.3, 0.4) is 0 Å². The summed E-state index contributed by atoms with van der Waals surface area (Å²) in [5.41, 5.74) is 1.71. The van der Waals surface area contributed by atoms with Gasteiger partial charge < -0.3 is 9.13 Å². The lowest BCUT2D eigenvalue weighted by molar-refractivity contribution is 0.0911. The summed E-state index contributed by atoms with van der Waals surface area (Å²) in [5, 5.41) is 0. The predicted octanol–water partition coefficient (Wildman–Crippen LogP) is 3.25. The quantitative estimate of drug-likeness (QED) is 0.661. The number of imidazole rings is 2. The summed E-state index contributed by atoms with van der Waals surface area (Å²) in [6.45, 7) is 0.402. The van der Waals surface area contributed by atoms with Gasteiger partial charge in [0.2, 0.25) is 5.91 Å². The van der Waals surface area contributed by atoms with Gasteiger partial charge in [0.25, 0.3) is 0 Å². The molecule has 26 heavy (non-hydrogen) atoms. The monoisotopic (exact) mass is 374 g/mol. The molecule has 0 N–H and O–H groups in total. The normalized spacial score (nSPS) is 16.0. The van der Waals surface area contributed by atoms with Crippen LogP contribution in [-0.2, 0) is 26.4 Å². The predicted molar refractivity (Wildman–Crippen MR) is 93.6 cm³/mol. The highest BCUT2D eigenvalue weighted by Crippen LogP contribution is 2.35. The van der Waals surface area contributed by atoms with Gasteiger partial charge in [-0.05, 0) is 30.8 Å². The first-order valence-electron chi connectivity index (χ1n) is 8.19. The molecular weight excluding hydrogens is 358 g/mol. The second-order valence-corrected chi connectivity index (χ2v) is 6.79.